The number of hydrogen-bond donors (Lipinski definition) is 1. The van der Waals surface area contributed by atoms with Gasteiger partial charge in [0, 0.05) is 28.2 Å². The molecule has 6 heteroatoms. The molecule has 0 aliphatic heterocycles. The molecule has 0 saturated carbocycles. The van der Waals surface area contributed by atoms with Crippen molar-refractivity contribution in [2.24, 2.45) is 0 Å². The molecule has 0 unspecified atom stereocenters. The summed E-state index contributed by atoms with van der Waals surface area (Å²) >= 11 is 5.56. The van der Waals surface area contributed by atoms with Crippen LogP contribution in [0.3, 0.4) is 0 Å². The van der Waals surface area contributed by atoms with E-state index in [4.69, 9.17) is 0 Å². The largest absolute Gasteiger partial charge is 0.340 e. The minimum Gasteiger partial charge on any atom is -0.340 e. The van der Waals surface area contributed by atoms with Crippen LogP contribution in [0, 0.1) is 3.57 Å². The van der Waals surface area contributed by atoms with Crippen molar-refractivity contribution >= 4 is 56.8 Å². The highest BCUT2D eigenvalue weighted by Crippen LogP contribution is 2.19. The number of carbonyl (C=O) groups excluding carboxylic acids is 1. The number of rotatable bonds is 4. The Hall–Kier alpha value is 0.150. The quantitative estimate of drug-likeness (QED) is 0.741. The maximum absolute atomic E-state index is 12.1. The minimum atomic E-state index is 0. The summed E-state index contributed by atoms with van der Waals surface area (Å²) in [6.45, 7) is 1.51. The standard InChI is InChI=1S/C11H14BrIN2O.ClH/c1-14-5-6-15(2)11(16)9-4-3-8(12)7-10(9)13;/h3-4,7,14H,5-6H2,1-2H3;1H. The van der Waals surface area contributed by atoms with Crippen molar-refractivity contribution in [1.29, 1.82) is 0 Å². The lowest BCUT2D eigenvalue weighted by Gasteiger charge is -2.17. The maximum atomic E-state index is 12.1. The fourth-order valence-corrected chi connectivity index (χ4v) is 2.78. The molecule has 0 spiro atoms. The van der Waals surface area contributed by atoms with Crippen molar-refractivity contribution in [2.75, 3.05) is 27.2 Å². The molecule has 1 amide bonds. The molecule has 0 aromatic heterocycles. The molecule has 1 aromatic carbocycles. The molecule has 0 aliphatic rings. The van der Waals surface area contributed by atoms with Gasteiger partial charge in [0.15, 0.2) is 0 Å². The molecule has 1 rings (SSSR count). The van der Waals surface area contributed by atoms with Crippen molar-refractivity contribution in [3.05, 3.63) is 31.8 Å². The number of likely N-dealkylation sites (N-methyl/N-ethyl adjacent to an activating group) is 2. The first-order valence-electron chi connectivity index (χ1n) is 4.91. The monoisotopic (exact) mass is 432 g/mol. The summed E-state index contributed by atoms with van der Waals surface area (Å²) in [5, 5.41) is 3.03. The maximum Gasteiger partial charge on any atom is 0.254 e. The van der Waals surface area contributed by atoms with E-state index >= 15 is 0 Å². The van der Waals surface area contributed by atoms with E-state index < -0.39 is 0 Å². The number of halogens is 3. The number of amides is 1. The number of carbonyl (C=O) groups is 1. The van der Waals surface area contributed by atoms with Crippen molar-refractivity contribution in [3.63, 3.8) is 0 Å². The summed E-state index contributed by atoms with van der Waals surface area (Å²) in [5.41, 5.74) is 0.752. The second kappa shape index (κ2) is 8.29. The van der Waals surface area contributed by atoms with E-state index in [-0.39, 0.29) is 18.3 Å². The van der Waals surface area contributed by atoms with Crippen molar-refractivity contribution in [3.8, 4) is 0 Å². The average Bonchev–Trinajstić information content (AvgIpc) is 2.25. The van der Waals surface area contributed by atoms with E-state index in [1.807, 2.05) is 32.3 Å². The molecule has 0 aliphatic carbocycles. The molecule has 17 heavy (non-hydrogen) atoms. The molecule has 1 N–H and O–H groups in total. The Labute approximate surface area is 130 Å². The fourth-order valence-electron chi connectivity index (χ4n) is 1.25. The highest BCUT2D eigenvalue weighted by atomic mass is 127. The van der Waals surface area contributed by atoms with Crippen LogP contribution < -0.4 is 5.32 Å². The van der Waals surface area contributed by atoms with Gasteiger partial charge in [-0.15, -0.1) is 12.4 Å². The van der Waals surface area contributed by atoms with E-state index in [1.54, 1.807) is 4.90 Å². The van der Waals surface area contributed by atoms with Crippen LogP contribution in [-0.2, 0) is 0 Å². The van der Waals surface area contributed by atoms with Gasteiger partial charge in [-0.05, 0) is 47.8 Å². The van der Waals surface area contributed by atoms with Crippen LogP contribution in [-0.4, -0.2) is 38.0 Å². The number of nitrogens with zero attached hydrogens (tertiary/aromatic N) is 1. The molecule has 0 heterocycles. The van der Waals surface area contributed by atoms with Crippen LogP contribution in [0.15, 0.2) is 22.7 Å². The molecule has 96 valence electrons. The van der Waals surface area contributed by atoms with Crippen LogP contribution in [0.25, 0.3) is 0 Å². The lowest BCUT2D eigenvalue weighted by Crippen LogP contribution is -2.33. The number of benzene rings is 1. The molecule has 3 nitrogen and oxygen atoms in total. The molecule has 0 bridgehead atoms. The van der Waals surface area contributed by atoms with Gasteiger partial charge in [0.25, 0.3) is 5.91 Å². The molecular formula is C11H15BrClIN2O. The third-order valence-corrected chi connectivity index (χ3v) is 3.59. The number of hydrogen-bond acceptors (Lipinski definition) is 2. The molecule has 0 atom stereocenters. The van der Waals surface area contributed by atoms with Crippen LogP contribution in [0.1, 0.15) is 10.4 Å². The first-order valence-corrected chi connectivity index (χ1v) is 6.78. The smallest absolute Gasteiger partial charge is 0.254 e. The Bertz CT molecular complexity index is 390. The van der Waals surface area contributed by atoms with Gasteiger partial charge in [0.05, 0.1) is 5.56 Å². The third kappa shape index (κ3) is 5.11. The van der Waals surface area contributed by atoms with Gasteiger partial charge in [-0.2, -0.15) is 0 Å². The first-order chi connectivity index (χ1) is 7.56. The summed E-state index contributed by atoms with van der Waals surface area (Å²) in [6.07, 6.45) is 0. The lowest BCUT2D eigenvalue weighted by molar-refractivity contribution is 0.0796. The van der Waals surface area contributed by atoms with E-state index in [0.717, 1.165) is 20.2 Å². The molecule has 0 fully saturated rings. The van der Waals surface area contributed by atoms with Crippen molar-refractivity contribution in [1.82, 2.24) is 10.2 Å². The average molecular weight is 434 g/mol. The summed E-state index contributed by atoms with van der Waals surface area (Å²) in [4.78, 5) is 13.8. The SMILES string of the molecule is CNCCN(C)C(=O)c1ccc(Br)cc1I.Cl. The van der Waals surface area contributed by atoms with Gasteiger partial charge in [-0.25, -0.2) is 0 Å². The van der Waals surface area contributed by atoms with E-state index in [0.29, 0.717) is 6.54 Å². The van der Waals surface area contributed by atoms with Gasteiger partial charge in [-0.3, -0.25) is 4.79 Å². The van der Waals surface area contributed by atoms with Gasteiger partial charge in [-0.1, -0.05) is 15.9 Å². The zero-order valence-electron chi connectivity index (χ0n) is 9.67. The summed E-state index contributed by atoms with van der Waals surface area (Å²) in [6, 6.07) is 5.69. The highest BCUT2D eigenvalue weighted by molar-refractivity contribution is 14.1. The van der Waals surface area contributed by atoms with E-state index in [1.165, 1.54) is 0 Å². The van der Waals surface area contributed by atoms with E-state index in [2.05, 4.69) is 43.8 Å². The van der Waals surface area contributed by atoms with Gasteiger partial charge < -0.3 is 10.2 Å². The lowest BCUT2D eigenvalue weighted by atomic mass is 10.2. The van der Waals surface area contributed by atoms with Crippen LogP contribution in [0.5, 0.6) is 0 Å². The second-order valence-corrected chi connectivity index (χ2v) is 5.53. The third-order valence-electron chi connectivity index (χ3n) is 2.21. The first kappa shape index (κ1) is 17.2. The summed E-state index contributed by atoms with van der Waals surface area (Å²) in [7, 11) is 3.69. The normalized spacial score (nSPS) is 9.65. The zero-order chi connectivity index (χ0) is 12.1. The Morgan fingerprint density at radius 3 is 2.71 bits per heavy atom. The zero-order valence-corrected chi connectivity index (χ0v) is 14.2. The van der Waals surface area contributed by atoms with Crippen LogP contribution in [0.4, 0.5) is 0 Å². The van der Waals surface area contributed by atoms with Crippen molar-refractivity contribution < 1.29 is 4.79 Å². The predicted octanol–water partition coefficient (Wildman–Crippen LogP) is 2.77. The molecule has 0 radical (unpaired) electrons. The van der Waals surface area contributed by atoms with Crippen LogP contribution in [0.2, 0.25) is 0 Å². The molecule has 0 saturated heterocycles. The van der Waals surface area contributed by atoms with Crippen LogP contribution >= 0.6 is 50.9 Å². The highest BCUT2D eigenvalue weighted by Gasteiger charge is 2.14. The Kier molecular flexibility index (Phi) is 8.36. The van der Waals surface area contributed by atoms with Gasteiger partial charge in [0.2, 0.25) is 0 Å². The minimum absolute atomic E-state index is 0. The number of nitrogens with one attached hydrogen (secondary N) is 1. The Morgan fingerprint density at radius 1 is 1.53 bits per heavy atom. The summed E-state index contributed by atoms with van der Waals surface area (Å²) in [5.74, 6) is 0.0622. The topological polar surface area (TPSA) is 32.3 Å². The predicted molar refractivity (Wildman–Crippen MR) is 85.0 cm³/mol. The molecule has 1 aromatic rings. The second-order valence-electron chi connectivity index (χ2n) is 3.45. The summed E-state index contributed by atoms with van der Waals surface area (Å²) < 4.78 is 1.96. The Morgan fingerprint density at radius 2 is 2.18 bits per heavy atom. The van der Waals surface area contributed by atoms with Gasteiger partial charge >= 0.3 is 0 Å². The van der Waals surface area contributed by atoms with Crippen molar-refractivity contribution in [2.45, 2.75) is 0 Å². The fraction of sp³-hybridized carbons (Fsp3) is 0.364. The molecular weight excluding hydrogens is 418 g/mol. The Balaban J connectivity index is 0.00000256. The van der Waals surface area contributed by atoms with E-state index in [9.17, 15) is 4.79 Å². The van der Waals surface area contributed by atoms with Gasteiger partial charge in [0.1, 0.15) is 0 Å².